The minimum atomic E-state index is -0.516. The number of hydrogen-bond donors (Lipinski definition) is 1. The number of hydrogen-bond acceptors (Lipinski definition) is 2. The van der Waals surface area contributed by atoms with Gasteiger partial charge in [0.25, 0.3) is 0 Å². The highest BCUT2D eigenvalue weighted by atomic mass is 16.3. The number of rotatable bonds is 2. The predicted molar refractivity (Wildman–Crippen MR) is 49.1 cm³/mol. The first-order valence-electron chi connectivity index (χ1n) is 4.89. The molecule has 0 unspecified atom stereocenters. The number of nitrogens with zero attached hydrogens (tertiary/aromatic N) is 2. The Bertz CT molecular complexity index is 250. The Labute approximate surface area is 78.4 Å². The summed E-state index contributed by atoms with van der Waals surface area (Å²) in [4.78, 5) is 0. The summed E-state index contributed by atoms with van der Waals surface area (Å²) in [5, 5.41) is 14.2. The topological polar surface area (TPSA) is 38.0 Å². The van der Waals surface area contributed by atoms with Crippen LogP contribution in [0.25, 0.3) is 0 Å². The van der Waals surface area contributed by atoms with E-state index < -0.39 is 5.60 Å². The van der Waals surface area contributed by atoms with Crippen molar-refractivity contribution >= 4 is 0 Å². The third-order valence-electron chi connectivity index (χ3n) is 2.74. The third kappa shape index (κ3) is 2.10. The summed E-state index contributed by atoms with van der Waals surface area (Å²) >= 11 is 0. The van der Waals surface area contributed by atoms with Crippen LogP contribution in [0.1, 0.15) is 32.1 Å². The first-order chi connectivity index (χ1) is 6.29. The molecule has 1 heterocycles. The summed E-state index contributed by atoms with van der Waals surface area (Å²) in [5.41, 5.74) is -0.516. The van der Waals surface area contributed by atoms with Crippen molar-refractivity contribution in [3.8, 4) is 0 Å². The third-order valence-corrected chi connectivity index (χ3v) is 2.74. The zero-order chi connectivity index (χ0) is 9.15. The molecular weight excluding hydrogens is 164 g/mol. The fourth-order valence-electron chi connectivity index (χ4n) is 2.02. The van der Waals surface area contributed by atoms with Crippen LogP contribution in [-0.4, -0.2) is 20.5 Å². The summed E-state index contributed by atoms with van der Waals surface area (Å²) in [7, 11) is 0. The molecule has 0 aromatic carbocycles. The maximum atomic E-state index is 10.2. The Hall–Kier alpha value is -0.830. The van der Waals surface area contributed by atoms with Gasteiger partial charge in [0.1, 0.15) is 0 Å². The molecule has 1 fully saturated rings. The van der Waals surface area contributed by atoms with E-state index in [1.807, 2.05) is 0 Å². The molecule has 13 heavy (non-hydrogen) atoms. The Morgan fingerprint density at radius 3 is 2.77 bits per heavy atom. The Morgan fingerprint density at radius 2 is 2.15 bits per heavy atom. The molecule has 3 heteroatoms. The molecule has 1 aliphatic rings. The largest absolute Gasteiger partial charge is 0.388 e. The van der Waals surface area contributed by atoms with Gasteiger partial charge in [0.2, 0.25) is 0 Å². The lowest BCUT2D eigenvalue weighted by atomic mass is 9.85. The SMILES string of the molecule is OC1(Cn2c[c]cn2)CCCCC1. The van der Waals surface area contributed by atoms with E-state index in [-0.39, 0.29) is 0 Å². The second-order valence-corrected chi connectivity index (χ2v) is 3.92. The summed E-state index contributed by atoms with van der Waals surface area (Å²) in [6.45, 7) is 0.622. The lowest BCUT2D eigenvalue weighted by Crippen LogP contribution is -2.36. The van der Waals surface area contributed by atoms with E-state index >= 15 is 0 Å². The van der Waals surface area contributed by atoms with Gasteiger partial charge < -0.3 is 5.11 Å². The molecule has 0 amide bonds. The zero-order valence-electron chi connectivity index (χ0n) is 7.74. The average molecular weight is 179 g/mol. The van der Waals surface area contributed by atoms with Crippen molar-refractivity contribution in [2.75, 3.05) is 0 Å². The van der Waals surface area contributed by atoms with E-state index in [9.17, 15) is 5.11 Å². The van der Waals surface area contributed by atoms with E-state index in [4.69, 9.17) is 0 Å². The van der Waals surface area contributed by atoms with Crippen LogP contribution < -0.4 is 0 Å². The van der Waals surface area contributed by atoms with E-state index in [0.29, 0.717) is 6.54 Å². The first kappa shape index (κ1) is 8.75. The molecular formula is C10H15N2O. The zero-order valence-corrected chi connectivity index (χ0v) is 7.74. The van der Waals surface area contributed by atoms with Gasteiger partial charge in [-0.15, -0.1) is 0 Å². The first-order valence-corrected chi connectivity index (χ1v) is 4.89. The molecule has 1 radical (unpaired) electrons. The molecule has 3 nitrogen and oxygen atoms in total. The summed E-state index contributed by atoms with van der Waals surface area (Å²) < 4.78 is 1.77. The Balaban J connectivity index is 1.99. The van der Waals surface area contributed by atoms with E-state index in [2.05, 4.69) is 11.2 Å². The molecule has 1 saturated carbocycles. The van der Waals surface area contributed by atoms with Crippen LogP contribution in [-0.2, 0) is 6.54 Å². The molecule has 71 valence electrons. The van der Waals surface area contributed by atoms with Crippen LogP contribution in [0.4, 0.5) is 0 Å². The van der Waals surface area contributed by atoms with Gasteiger partial charge in [-0.25, -0.2) is 0 Å². The number of aromatic nitrogens is 2. The van der Waals surface area contributed by atoms with E-state index in [1.54, 1.807) is 17.1 Å². The predicted octanol–water partition coefficient (Wildman–Crippen LogP) is 1.38. The van der Waals surface area contributed by atoms with Crippen molar-refractivity contribution in [1.82, 2.24) is 9.78 Å². The van der Waals surface area contributed by atoms with Gasteiger partial charge in [-0.1, -0.05) is 19.3 Å². The van der Waals surface area contributed by atoms with Gasteiger partial charge in [0.05, 0.1) is 18.3 Å². The van der Waals surface area contributed by atoms with Crippen LogP contribution in [0.5, 0.6) is 0 Å². The van der Waals surface area contributed by atoms with Crippen molar-refractivity contribution in [3.05, 3.63) is 18.5 Å². The molecule has 1 aromatic heterocycles. The van der Waals surface area contributed by atoms with Crippen LogP contribution >= 0.6 is 0 Å². The smallest absolute Gasteiger partial charge is 0.0842 e. The monoisotopic (exact) mass is 179 g/mol. The highest BCUT2D eigenvalue weighted by molar-refractivity contribution is 4.84. The fourth-order valence-corrected chi connectivity index (χ4v) is 2.02. The highest BCUT2D eigenvalue weighted by Gasteiger charge is 2.29. The van der Waals surface area contributed by atoms with E-state index in [1.165, 1.54) is 6.42 Å². The van der Waals surface area contributed by atoms with Crippen molar-refractivity contribution in [2.24, 2.45) is 0 Å². The second-order valence-electron chi connectivity index (χ2n) is 3.92. The Morgan fingerprint density at radius 1 is 1.38 bits per heavy atom. The molecule has 0 atom stereocenters. The molecule has 0 spiro atoms. The molecule has 0 saturated heterocycles. The van der Waals surface area contributed by atoms with Crippen molar-refractivity contribution in [1.29, 1.82) is 0 Å². The maximum Gasteiger partial charge on any atom is 0.0842 e. The van der Waals surface area contributed by atoms with Crippen molar-refractivity contribution in [3.63, 3.8) is 0 Å². The minimum absolute atomic E-state index is 0.516. The molecule has 0 bridgehead atoms. The summed E-state index contributed by atoms with van der Waals surface area (Å²) in [5.74, 6) is 0. The number of aliphatic hydroxyl groups is 1. The average Bonchev–Trinajstić information content (AvgIpc) is 2.57. The van der Waals surface area contributed by atoms with Gasteiger partial charge in [-0.2, -0.15) is 5.10 Å². The van der Waals surface area contributed by atoms with Gasteiger partial charge in [0, 0.05) is 12.3 Å². The highest BCUT2D eigenvalue weighted by Crippen LogP contribution is 2.29. The normalized spacial score (nSPS) is 21.6. The van der Waals surface area contributed by atoms with E-state index in [0.717, 1.165) is 25.7 Å². The molecule has 2 rings (SSSR count). The summed E-state index contributed by atoms with van der Waals surface area (Å²) in [6.07, 6.45) is 8.77. The van der Waals surface area contributed by atoms with Crippen molar-refractivity contribution in [2.45, 2.75) is 44.2 Å². The molecule has 1 N–H and O–H groups in total. The second kappa shape index (κ2) is 3.50. The van der Waals surface area contributed by atoms with Gasteiger partial charge in [-0.05, 0) is 12.8 Å². The lowest BCUT2D eigenvalue weighted by molar-refractivity contribution is -0.0142. The Kier molecular flexibility index (Phi) is 2.36. The quantitative estimate of drug-likeness (QED) is 0.744. The summed E-state index contributed by atoms with van der Waals surface area (Å²) in [6, 6.07) is 2.88. The minimum Gasteiger partial charge on any atom is -0.388 e. The molecule has 1 aromatic rings. The molecule has 0 aliphatic heterocycles. The maximum absolute atomic E-state index is 10.2. The molecule has 1 aliphatic carbocycles. The van der Waals surface area contributed by atoms with Gasteiger partial charge in [0.15, 0.2) is 0 Å². The van der Waals surface area contributed by atoms with Gasteiger partial charge >= 0.3 is 0 Å². The van der Waals surface area contributed by atoms with Crippen LogP contribution in [0.15, 0.2) is 12.4 Å². The van der Waals surface area contributed by atoms with Crippen molar-refractivity contribution < 1.29 is 5.11 Å². The van der Waals surface area contributed by atoms with Crippen LogP contribution in [0.2, 0.25) is 0 Å². The lowest BCUT2D eigenvalue weighted by Gasteiger charge is -2.31. The fraction of sp³-hybridized carbons (Fsp3) is 0.700. The van der Waals surface area contributed by atoms with Crippen LogP contribution in [0, 0.1) is 6.07 Å². The standard InChI is InChI=1S/C10H15N2O/c13-10(5-2-1-3-6-10)9-12-8-4-7-11-12/h7-8,13H,1-3,5-6,9H2. The van der Waals surface area contributed by atoms with Crippen LogP contribution in [0.3, 0.4) is 0 Å². The van der Waals surface area contributed by atoms with Gasteiger partial charge in [-0.3, -0.25) is 4.68 Å².